The zero-order chi connectivity index (χ0) is 17.2. The van der Waals surface area contributed by atoms with Crippen molar-refractivity contribution in [2.75, 3.05) is 6.26 Å². The van der Waals surface area contributed by atoms with Gasteiger partial charge in [-0.05, 0) is 30.3 Å². The summed E-state index contributed by atoms with van der Waals surface area (Å²) in [5.74, 6) is -0.0916. The Morgan fingerprint density at radius 3 is 2.26 bits per heavy atom. The van der Waals surface area contributed by atoms with Crippen LogP contribution >= 0.6 is 34.8 Å². The Hall–Kier alpha value is -1.47. The first-order chi connectivity index (χ1) is 10.7. The van der Waals surface area contributed by atoms with E-state index in [1.54, 1.807) is 12.1 Å². The standard InChI is InChI=1S/C14H10Cl3NO4S/c1-23(20,21)18-14(19)8-2-5-13(12(17)6-8)22-9-3-4-10(15)11(16)7-9/h2-7H,1H3,(H,18,19). The van der Waals surface area contributed by atoms with Gasteiger partial charge in [-0.3, -0.25) is 4.79 Å². The van der Waals surface area contributed by atoms with Crippen LogP contribution in [0.1, 0.15) is 10.4 Å². The van der Waals surface area contributed by atoms with Crippen LogP contribution in [-0.2, 0) is 10.0 Å². The van der Waals surface area contributed by atoms with Crippen molar-refractivity contribution in [3.05, 3.63) is 57.0 Å². The highest BCUT2D eigenvalue weighted by atomic mass is 35.5. The number of hydrogen-bond acceptors (Lipinski definition) is 4. The molecule has 0 aliphatic carbocycles. The lowest BCUT2D eigenvalue weighted by Crippen LogP contribution is -2.29. The molecule has 0 bridgehead atoms. The van der Waals surface area contributed by atoms with Crippen molar-refractivity contribution in [2.24, 2.45) is 0 Å². The van der Waals surface area contributed by atoms with E-state index in [2.05, 4.69) is 0 Å². The Morgan fingerprint density at radius 1 is 1.00 bits per heavy atom. The van der Waals surface area contributed by atoms with Gasteiger partial charge in [0.05, 0.1) is 21.3 Å². The van der Waals surface area contributed by atoms with Gasteiger partial charge in [-0.1, -0.05) is 34.8 Å². The van der Waals surface area contributed by atoms with Gasteiger partial charge in [0.15, 0.2) is 0 Å². The normalized spacial score (nSPS) is 11.1. The van der Waals surface area contributed by atoms with E-state index < -0.39 is 15.9 Å². The maximum absolute atomic E-state index is 11.7. The predicted molar refractivity (Wildman–Crippen MR) is 90.3 cm³/mol. The van der Waals surface area contributed by atoms with Crippen LogP contribution in [0.5, 0.6) is 11.5 Å². The summed E-state index contributed by atoms with van der Waals surface area (Å²) in [5.41, 5.74) is 0.0851. The van der Waals surface area contributed by atoms with E-state index in [9.17, 15) is 13.2 Å². The SMILES string of the molecule is CS(=O)(=O)NC(=O)c1ccc(Oc2ccc(Cl)c(Cl)c2)c(Cl)c1. The minimum Gasteiger partial charge on any atom is -0.456 e. The van der Waals surface area contributed by atoms with Gasteiger partial charge in [0, 0.05) is 11.6 Å². The van der Waals surface area contributed by atoms with E-state index in [1.165, 1.54) is 24.3 Å². The summed E-state index contributed by atoms with van der Waals surface area (Å²) in [5, 5.41) is 0.847. The average molecular weight is 395 g/mol. The van der Waals surface area contributed by atoms with Crippen molar-refractivity contribution in [3.63, 3.8) is 0 Å². The van der Waals surface area contributed by atoms with Gasteiger partial charge in [-0.25, -0.2) is 13.1 Å². The maximum Gasteiger partial charge on any atom is 0.264 e. The van der Waals surface area contributed by atoms with Crippen molar-refractivity contribution < 1.29 is 17.9 Å². The highest BCUT2D eigenvalue weighted by Crippen LogP contribution is 2.33. The van der Waals surface area contributed by atoms with Gasteiger partial charge < -0.3 is 4.74 Å². The molecule has 0 saturated heterocycles. The largest absolute Gasteiger partial charge is 0.456 e. The molecule has 0 aliphatic heterocycles. The minimum atomic E-state index is -3.65. The summed E-state index contributed by atoms with van der Waals surface area (Å²) < 4.78 is 29.5. The first-order valence-electron chi connectivity index (χ1n) is 6.10. The molecule has 122 valence electrons. The van der Waals surface area contributed by atoms with Crippen molar-refractivity contribution in [1.82, 2.24) is 4.72 Å². The van der Waals surface area contributed by atoms with Crippen LogP contribution in [0.3, 0.4) is 0 Å². The molecule has 2 aromatic carbocycles. The first-order valence-corrected chi connectivity index (χ1v) is 9.13. The number of nitrogens with one attached hydrogen (secondary N) is 1. The molecule has 0 fully saturated rings. The van der Waals surface area contributed by atoms with E-state index in [0.29, 0.717) is 15.8 Å². The molecule has 9 heteroatoms. The maximum atomic E-state index is 11.7. The molecule has 0 radical (unpaired) electrons. The highest BCUT2D eigenvalue weighted by molar-refractivity contribution is 7.89. The summed E-state index contributed by atoms with van der Waals surface area (Å²) in [4.78, 5) is 11.7. The number of benzene rings is 2. The Bertz CT molecular complexity index is 868. The van der Waals surface area contributed by atoms with Crippen molar-refractivity contribution in [2.45, 2.75) is 0 Å². The molecule has 23 heavy (non-hydrogen) atoms. The average Bonchev–Trinajstić information content (AvgIpc) is 2.43. The van der Waals surface area contributed by atoms with Crippen molar-refractivity contribution in [1.29, 1.82) is 0 Å². The fraction of sp³-hybridized carbons (Fsp3) is 0.0714. The van der Waals surface area contributed by atoms with E-state index in [-0.39, 0.29) is 16.3 Å². The number of sulfonamides is 1. The Balaban J connectivity index is 2.22. The van der Waals surface area contributed by atoms with Gasteiger partial charge in [0.1, 0.15) is 11.5 Å². The predicted octanol–water partition coefficient (Wildman–Crippen LogP) is 4.13. The zero-order valence-corrected chi connectivity index (χ0v) is 14.7. The van der Waals surface area contributed by atoms with Crippen molar-refractivity contribution in [3.8, 4) is 11.5 Å². The molecule has 1 amide bonds. The lowest BCUT2D eigenvalue weighted by Gasteiger charge is -2.10. The molecule has 0 aromatic heterocycles. The third-order valence-corrected chi connectivity index (χ3v) is 4.18. The van der Waals surface area contributed by atoms with Gasteiger partial charge >= 0.3 is 0 Å². The van der Waals surface area contributed by atoms with Crippen molar-refractivity contribution >= 4 is 50.7 Å². The molecule has 2 aromatic rings. The Labute approximate surface area is 148 Å². The topological polar surface area (TPSA) is 72.5 Å². The van der Waals surface area contributed by atoms with E-state index in [4.69, 9.17) is 39.5 Å². The summed E-state index contributed by atoms with van der Waals surface area (Å²) >= 11 is 17.8. The summed E-state index contributed by atoms with van der Waals surface area (Å²) in [6, 6.07) is 8.83. The minimum absolute atomic E-state index is 0.0851. The monoisotopic (exact) mass is 393 g/mol. The van der Waals surface area contributed by atoms with Crippen LogP contribution < -0.4 is 9.46 Å². The number of amides is 1. The molecule has 1 N–H and O–H groups in total. The van der Waals surface area contributed by atoms with Gasteiger partial charge in [0.25, 0.3) is 5.91 Å². The number of carbonyl (C=O) groups is 1. The second-order valence-corrected chi connectivity index (χ2v) is 7.50. The number of rotatable bonds is 4. The smallest absolute Gasteiger partial charge is 0.264 e. The van der Waals surface area contributed by atoms with Gasteiger partial charge in [0.2, 0.25) is 10.0 Å². The fourth-order valence-corrected chi connectivity index (χ4v) is 2.58. The second-order valence-electron chi connectivity index (χ2n) is 4.53. The highest BCUT2D eigenvalue weighted by Gasteiger charge is 2.14. The first kappa shape index (κ1) is 17.9. The fourth-order valence-electron chi connectivity index (χ4n) is 1.62. The molecule has 2 rings (SSSR count). The molecular weight excluding hydrogens is 385 g/mol. The van der Waals surface area contributed by atoms with Gasteiger partial charge in [-0.15, -0.1) is 0 Å². The van der Waals surface area contributed by atoms with Crippen LogP contribution in [0, 0.1) is 0 Å². The number of hydrogen-bond donors (Lipinski definition) is 1. The Morgan fingerprint density at radius 2 is 1.70 bits per heavy atom. The van der Waals surface area contributed by atoms with Crippen LogP contribution in [0.15, 0.2) is 36.4 Å². The van der Waals surface area contributed by atoms with Crippen LogP contribution in [0.4, 0.5) is 0 Å². The number of halogens is 3. The quantitative estimate of drug-likeness (QED) is 0.846. The zero-order valence-electron chi connectivity index (χ0n) is 11.6. The third-order valence-electron chi connectivity index (χ3n) is 2.59. The van der Waals surface area contributed by atoms with E-state index in [1.807, 2.05) is 4.72 Å². The molecule has 0 aliphatic rings. The number of ether oxygens (including phenoxy) is 1. The van der Waals surface area contributed by atoms with Gasteiger partial charge in [-0.2, -0.15) is 0 Å². The second kappa shape index (κ2) is 6.97. The lowest BCUT2D eigenvalue weighted by molar-refractivity contribution is 0.0981. The molecule has 0 atom stereocenters. The molecule has 0 saturated carbocycles. The lowest BCUT2D eigenvalue weighted by atomic mass is 10.2. The van der Waals surface area contributed by atoms with E-state index in [0.717, 1.165) is 6.26 Å². The molecule has 0 unspecified atom stereocenters. The Kier molecular flexibility index (Phi) is 5.41. The van der Waals surface area contributed by atoms with Crippen LogP contribution in [0.25, 0.3) is 0 Å². The summed E-state index contributed by atoms with van der Waals surface area (Å²) in [7, 11) is -3.65. The summed E-state index contributed by atoms with van der Waals surface area (Å²) in [6.45, 7) is 0. The molecule has 5 nitrogen and oxygen atoms in total. The van der Waals surface area contributed by atoms with E-state index >= 15 is 0 Å². The van der Waals surface area contributed by atoms with Crippen LogP contribution in [-0.4, -0.2) is 20.6 Å². The summed E-state index contributed by atoms with van der Waals surface area (Å²) in [6.07, 6.45) is 0.883. The molecular formula is C14H10Cl3NO4S. The molecule has 0 heterocycles. The van der Waals surface area contributed by atoms with Crippen LogP contribution in [0.2, 0.25) is 15.1 Å². The molecule has 0 spiro atoms. The third kappa shape index (κ3) is 5.00. The number of carbonyl (C=O) groups excluding carboxylic acids is 1.